The van der Waals surface area contributed by atoms with Gasteiger partial charge in [-0.05, 0) is 71.9 Å². The number of quaternary nitrogens is 1. The molecule has 1 heterocycles. The number of fused-ring (bicyclic) bond motifs is 2. The smallest absolute Gasteiger partial charge is 0.159 e. The first-order valence-electron chi connectivity index (χ1n) is 13.5. The number of hydrogen-bond acceptors (Lipinski definition) is 4. The molecular weight excluding hydrogens is 448 g/mol. The van der Waals surface area contributed by atoms with Gasteiger partial charge in [0.1, 0.15) is 18.1 Å². The molecule has 35 heavy (non-hydrogen) atoms. The van der Waals surface area contributed by atoms with Gasteiger partial charge in [-0.1, -0.05) is 48.5 Å². The summed E-state index contributed by atoms with van der Waals surface area (Å²) >= 11 is 1.93. The Kier molecular flexibility index (Phi) is 10.0. The van der Waals surface area contributed by atoms with Crippen LogP contribution in [0, 0.1) is 5.41 Å². The molecule has 0 radical (unpaired) electrons. The Bertz CT molecular complexity index is 987. The van der Waals surface area contributed by atoms with E-state index in [0.717, 1.165) is 38.5 Å². The Labute approximate surface area is 220 Å². The van der Waals surface area contributed by atoms with E-state index in [1.165, 1.54) is 64.4 Å². The van der Waals surface area contributed by atoms with Crippen LogP contribution in [0.5, 0.6) is 0 Å². The number of nitrogens with zero attached hydrogens (tertiary/aromatic N) is 3. The van der Waals surface area contributed by atoms with Crippen molar-refractivity contribution in [2.24, 2.45) is 16.1 Å². The SMILES string of the molecule is C=C[N+](C)(S/C(CC)=C(\CC)N=C(C)C(C)(C)CC)c1c2c(nc3c1CCC3(C)C)CCC2.CN. The molecule has 0 bridgehead atoms. The standard InChI is InChI=1S/C29H46N3S.CH5N/c1-11-23(30-20(5)28(6,7)13-3)25(12-2)33-32(10,14-4)26-21-16-15-17-24(21)31-27-22(26)18-19-29(27,8)9;1-2/h14H,4,11-13,15-19H2,1-3,5-10H3;2H2,1H3/q+1;/b25-23+,30-20?;. The van der Waals surface area contributed by atoms with Gasteiger partial charge in [-0.25, -0.2) is 3.89 Å². The van der Waals surface area contributed by atoms with Crippen molar-refractivity contribution in [1.82, 2.24) is 8.87 Å². The van der Waals surface area contributed by atoms with E-state index in [0.29, 0.717) is 3.89 Å². The molecule has 1 aromatic heterocycles. The number of aliphatic imine (C=N–C) groups is 1. The van der Waals surface area contributed by atoms with Crippen LogP contribution in [0.15, 0.2) is 28.4 Å². The average Bonchev–Trinajstić information content (AvgIpc) is 3.44. The Morgan fingerprint density at radius 2 is 1.80 bits per heavy atom. The van der Waals surface area contributed by atoms with Crippen molar-refractivity contribution in [3.05, 3.63) is 45.9 Å². The summed E-state index contributed by atoms with van der Waals surface area (Å²) in [6, 6.07) is 0. The highest BCUT2D eigenvalue weighted by Gasteiger charge is 2.43. The van der Waals surface area contributed by atoms with E-state index in [2.05, 4.69) is 81.0 Å². The Hall–Kier alpha value is -1.43. The van der Waals surface area contributed by atoms with Gasteiger partial charge in [-0.3, -0.25) is 9.98 Å². The van der Waals surface area contributed by atoms with E-state index in [1.54, 1.807) is 0 Å². The molecule has 0 aliphatic heterocycles. The number of pyridine rings is 1. The summed E-state index contributed by atoms with van der Waals surface area (Å²) in [5.41, 5.74) is 14.3. The van der Waals surface area contributed by atoms with Crippen LogP contribution < -0.4 is 9.62 Å². The summed E-state index contributed by atoms with van der Waals surface area (Å²) in [7, 11) is 3.83. The Balaban J connectivity index is 0.00000210. The number of allylic oxidation sites excluding steroid dienone is 2. The molecule has 0 amide bonds. The van der Waals surface area contributed by atoms with Crippen LogP contribution in [0.2, 0.25) is 0 Å². The van der Waals surface area contributed by atoms with Crippen LogP contribution in [-0.2, 0) is 24.7 Å². The van der Waals surface area contributed by atoms with Crippen molar-refractivity contribution < 1.29 is 0 Å². The van der Waals surface area contributed by atoms with E-state index >= 15 is 0 Å². The van der Waals surface area contributed by atoms with E-state index in [9.17, 15) is 0 Å². The van der Waals surface area contributed by atoms with Crippen LogP contribution >= 0.6 is 11.9 Å². The van der Waals surface area contributed by atoms with Crippen molar-refractivity contribution in [2.45, 2.75) is 112 Å². The highest BCUT2D eigenvalue weighted by atomic mass is 32.2. The summed E-state index contributed by atoms with van der Waals surface area (Å²) in [4.78, 5) is 11.8. The van der Waals surface area contributed by atoms with Gasteiger partial charge in [0.25, 0.3) is 0 Å². The van der Waals surface area contributed by atoms with Gasteiger partial charge in [0.2, 0.25) is 0 Å². The Morgan fingerprint density at radius 1 is 1.14 bits per heavy atom. The van der Waals surface area contributed by atoms with Crippen LogP contribution in [0.25, 0.3) is 0 Å². The number of aryl methyl sites for hydroxylation is 1. The molecule has 0 aromatic carbocycles. The summed E-state index contributed by atoms with van der Waals surface area (Å²) in [6.45, 7) is 22.6. The van der Waals surface area contributed by atoms with Gasteiger partial charge in [0.15, 0.2) is 5.69 Å². The second-order valence-electron chi connectivity index (χ2n) is 11.2. The predicted octanol–water partition coefficient (Wildman–Crippen LogP) is 8.03. The lowest BCUT2D eigenvalue weighted by Gasteiger charge is -2.32. The molecule has 3 rings (SSSR count). The number of rotatable bonds is 9. The van der Waals surface area contributed by atoms with Gasteiger partial charge in [0.05, 0.1) is 23.3 Å². The van der Waals surface area contributed by atoms with Crippen LogP contribution in [0.3, 0.4) is 0 Å². The molecule has 2 aliphatic rings. The molecule has 0 fully saturated rings. The molecule has 1 aromatic rings. The average molecular weight is 500 g/mol. The van der Waals surface area contributed by atoms with E-state index < -0.39 is 0 Å². The van der Waals surface area contributed by atoms with E-state index in [1.807, 2.05) is 11.9 Å². The fourth-order valence-electron chi connectivity index (χ4n) is 5.16. The van der Waals surface area contributed by atoms with Gasteiger partial charge < -0.3 is 5.73 Å². The molecule has 0 saturated carbocycles. The minimum absolute atomic E-state index is 0.124. The summed E-state index contributed by atoms with van der Waals surface area (Å²) in [5.74, 6) is 0. The fraction of sp³-hybridized carbons (Fsp3) is 0.667. The lowest BCUT2D eigenvalue weighted by Crippen LogP contribution is -2.33. The molecular formula is C30H51N4S+. The largest absolute Gasteiger partial charge is 0.333 e. The zero-order valence-corrected chi connectivity index (χ0v) is 25.1. The van der Waals surface area contributed by atoms with Gasteiger partial charge >= 0.3 is 0 Å². The maximum absolute atomic E-state index is 5.23. The minimum atomic E-state index is 0.124. The molecule has 4 nitrogen and oxygen atoms in total. The molecule has 0 spiro atoms. The third-order valence-electron chi connectivity index (χ3n) is 8.17. The third kappa shape index (κ3) is 5.94. The second kappa shape index (κ2) is 11.7. The van der Waals surface area contributed by atoms with Gasteiger partial charge in [-0.15, -0.1) is 0 Å². The van der Waals surface area contributed by atoms with Crippen molar-refractivity contribution in [1.29, 1.82) is 0 Å². The molecule has 1 unspecified atom stereocenters. The zero-order valence-electron chi connectivity index (χ0n) is 24.3. The maximum atomic E-state index is 5.23. The zero-order chi connectivity index (χ0) is 26.6. The van der Waals surface area contributed by atoms with Crippen LogP contribution in [0.1, 0.15) is 110 Å². The first-order chi connectivity index (χ1) is 16.4. The first-order valence-corrected chi connectivity index (χ1v) is 14.3. The molecule has 2 N–H and O–H groups in total. The fourth-order valence-corrected chi connectivity index (χ4v) is 6.43. The lowest BCUT2D eigenvalue weighted by molar-refractivity contribution is 0.500. The molecule has 2 aliphatic carbocycles. The number of hydrogen-bond donors (Lipinski definition) is 1. The second-order valence-corrected chi connectivity index (χ2v) is 12.7. The van der Waals surface area contributed by atoms with Gasteiger partial charge in [0, 0.05) is 33.4 Å². The quantitative estimate of drug-likeness (QED) is 0.212. The van der Waals surface area contributed by atoms with Crippen molar-refractivity contribution in [3.63, 3.8) is 0 Å². The highest BCUT2D eigenvalue weighted by Crippen LogP contribution is 2.51. The molecule has 1 atom stereocenters. The summed E-state index contributed by atoms with van der Waals surface area (Å²) < 4.78 is 0.668. The van der Waals surface area contributed by atoms with Crippen molar-refractivity contribution in [2.75, 3.05) is 14.1 Å². The number of aromatic nitrogens is 1. The third-order valence-corrected chi connectivity index (χ3v) is 9.63. The van der Waals surface area contributed by atoms with Gasteiger partial charge in [-0.2, -0.15) is 0 Å². The molecule has 0 saturated heterocycles. The Morgan fingerprint density at radius 3 is 2.34 bits per heavy atom. The van der Waals surface area contributed by atoms with Crippen LogP contribution in [-0.4, -0.2) is 24.8 Å². The van der Waals surface area contributed by atoms with E-state index in [4.69, 9.17) is 9.98 Å². The normalized spacial score (nSPS) is 19.2. The van der Waals surface area contributed by atoms with Crippen LogP contribution in [0.4, 0.5) is 5.69 Å². The highest BCUT2D eigenvalue weighted by molar-refractivity contribution is 8.02. The molecule has 196 valence electrons. The summed E-state index contributed by atoms with van der Waals surface area (Å²) in [5, 5.41) is 0. The first kappa shape index (κ1) is 29.8. The maximum Gasteiger partial charge on any atom is 0.159 e. The lowest BCUT2D eigenvalue weighted by atomic mass is 9.85. The monoisotopic (exact) mass is 499 g/mol. The molecule has 5 heteroatoms. The predicted molar refractivity (Wildman–Crippen MR) is 158 cm³/mol. The number of nitrogens with two attached hydrogens (primary N) is 1. The van der Waals surface area contributed by atoms with E-state index in [-0.39, 0.29) is 10.8 Å². The summed E-state index contributed by atoms with van der Waals surface area (Å²) in [6.07, 6.45) is 10.9. The topological polar surface area (TPSA) is 51.3 Å². The minimum Gasteiger partial charge on any atom is -0.333 e. The van der Waals surface area contributed by atoms with Crippen molar-refractivity contribution in [3.8, 4) is 0 Å². The van der Waals surface area contributed by atoms with Crippen molar-refractivity contribution >= 4 is 23.3 Å².